The SMILES string of the molecule is CSCCCC(=O)N1CCC[C@H](C(=O)O)[C@@H]1C. The van der Waals surface area contributed by atoms with E-state index in [9.17, 15) is 9.59 Å². The van der Waals surface area contributed by atoms with Gasteiger partial charge in [0.2, 0.25) is 5.91 Å². The van der Waals surface area contributed by atoms with Crippen LogP contribution in [-0.2, 0) is 9.59 Å². The quantitative estimate of drug-likeness (QED) is 0.765. The number of thioether (sulfide) groups is 1. The first-order valence-electron chi connectivity index (χ1n) is 6.09. The molecule has 1 aliphatic heterocycles. The summed E-state index contributed by atoms with van der Waals surface area (Å²) >= 11 is 1.73. The van der Waals surface area contributed by atoms with Crippen molar-refractivity contribution in [2.24, 2.45) is 5.92 Å². The summed E-state index contributed by atoms with van der Waals surface area (Å²) in [5, 5.41) is 9.08. The summed E-state index contributed by atoms with van der Waals surface area (Å²) in [5.41, 5.74) is 0. The van der Waals surface area contributed by atoms with Crippen LogP contribution in [0.15, 0.2) is 0 Å². The number of carboxylic acids is 1. The van der Waals surface area contributed by atoms with Crippen molar-refractivity contribution in [3.8, 4) is 0 Å². The van der Waals surface area contributed by atoms with Crippen LogP contribution in [0.5, 0.6) is 0 Å². The van der Waals surface area contributed by atoms with Gasteiger partial charge in [-0.3, -0.25) is 9.59 Å². The predicted molar refractivity (Wildman–Crippen MR) is 69.2 cm³/mol. The molecule has 0 unspecified atom stereocenters. The van der Waals surface area contributed by atoms with Crippen molar-refractivity contribution in [3.63, 3.8) is 0 Å². The van der Waals surface area contributed by atoms with Gasteiger partial charge in [-0.2, -0.15) is 11.8 Å². The van der Waals surface area contributed by atoms with Crippen LogP contribution in [0.1, 0.15) is 32.6 Å². The van der Waals surface area contributed by atoms with Crippen LogP contribution in [0, 0.1) is 5.92 Å². The van der Waals surface area contributed by atoms with Gasteiger partial charge in [0.25, 0.3) is 0 Å². The number of hydrogen-bond acceptors (Lipinski definition) is 3. The van der Waals surface area contributed by atoms with E-state index in [4.69, 9.17) is 5.11 Å². The number of carbonyl (C=O) groups is 2. The van der Waals surface area contributed by atoms with E-state index in [1.54, 1.807) is 16.7 Å². The molecule has 0 spiro atoms. The van der Waals surface area contributed by atoms with Crippen LogP contribution in [0.2, 0.25) is 0 Å². The van der Waals surface area contributed by atoms with Gasteiger partial charge in [0, 0.05) is 19.0 Å². The van der Waals surface area contributed by atoms with Crippen LogP contribution < -0.4 is 0 Å². The van der Waals surface area contributed by atoms with E-state index in [0.717, 1.165) is 18.6 Å². The molecule has 1 N–H and O–H groups in total. The normalized spacial score (nSPS) is 24.7. The number of rotatable bonds is 5. The Kier molecular flexibility index (Phi) is 5.82. The summed E-state index contributed by atoms with van der Waals surface area (Å²) in [6, 6.07) is -0.164. The van der Waals surface area contributed by atoms with E-state index in [1.807, 2.05) is 13.2 Å². The molecule has 5 heteroatoms. The lowest BCUT2D eigenvalue weighted by Gasteiger charge is -2.37. The van der Waals surface area contributed by atoms with Crippen LogP contribution >= 0.6 is 11.8 Å². The number of likely N-dealkylation sites (tertiary alicyclic amines) is 1. The third kappa shape index (κ3) is 3.91. The standard InChI is InChI=1S/C12H21NO3S/c1-9-10(12(15)16)5-3-7-13(9)11(14)6-4-8-17-2/h9-10H,3-8H2,1-2H3,(H,15,16)/t9-,10-/m0/s1. The van der Waals surface area contributed by atoms with Crippen molar-refractivity contribution in [1.82, 2.24) is 4.90 Å². The monoisotopic (exact) mass is 259 g/mol. The smallest absolute Gasteiger partial charge is 0.308 e. The van der Waals surface area contributed by atoms with Gasteiger partial charge >= 0.3 is 5.97 Å². The third-order valence-electron chi connectivity index (χ3n) is 3.36. The van der Waals surface area contributed by atoms with E-state index in [-0.39, 0.29) is 11.9 Å². The number of nitrogens with zero attached hydrogens (tertiary/aromatic N) is 1. The molecule has 1 amide bonds. The average Bonchev–Trinajstić information content (AvgIpc) is 2.29. The van der Waals surface area contributed by atoms with Crippen molar-refractivity contribution in [2.75, 3.05) is 18.6 Å². The van der Waals surface area contributed by atoms with Crippen LogP contribution in [-0.4, -0.2) is 46.5 Å². The van der Waals surface area contributed by atoms with Gasteiger partial charge in [-0.25, -0.2) is 0 Å². The molecule has 2 atom stereocenters. The highest BCUT2D eigenvalue weighted by Crippen LogP contribution is 2.24. The van der Waals surface area contributed by atoms with E-state index in [2.05, 4.69) is 0 Å². The number of piperidine rings is 1. The molecule has 1 fully saturated rings. The Bertz CT molecular complexity index is 283. The van der Waals surface area contributed by atoms with Gasteiger partial charge in [-0.05, 0) is 38.2 Å². The lowest BCUT2D eigenvalue weighted by Crippen LogP contribution is -2.49. The number of carbonyl (C=O) groups excluding carboxylic acids is 1. The molecular formula is C12H21NO3S. The summed E-state index contributed by atoms with van der Waals surface area (Å²) < 4.78 is 0. The zero-order valence-corrected chi connectivity index (χ0v) is 11.3. The summed E-state index contributed by atoms with van der Waals surface area (Å²) in [7, 11) is 0. The van der Waals surface area contributed by atoms with Crippen molar-refractivity contribution < 1.29 is 14.7 Å². The second-order valence-electron chi connectivity index (χ2n) is 4.51. The highest BCUT2D eigenvalue weighted by molar-refractivity contribution is 7.98. The maximum absolute atomic E-state index is 12.0. The van der Waals surface area contributed by atoms with Crippen molar-refractivity contribution >= 4 is 23.6 Å². The minimum absolute atomic E-state index is 0.109. The van der Waals surface area contributed by atoms with Crippen LogP contribution in [0.3, 0.4) is 0 Å². The molecule has 1 rings (SSSR count). The van der Waals surface area contributed by atoms with Crippen molar-refractivity contribution in [3.05, 3.63) is 0 Å². The van der Waals surface area contributed by atoms with Gasteiger partial charge in [0.15, 0.2) is 0 Å². The minimum Gasteiger partial charge on any atom is -0.481 e. The number of aliphatic carboxylic acids is 1. The summed E-state index contributed by atoms with van der Waals surface area (Å²) in [6.45, 7) is 2.56. The largest absolute Gasteiger partial charge is 0.481 e. The Morgan fingerprint density at radius 3 is 2.76 bits per heavy atom. The van der Waals surface area contributed by atoms with E-state index < -0.39 is 11.9 Å². The summed E-state index contributed by atoms with van der Waals surface area (Å²) in [4.78, 5) is 24.8. The predicted octanol–water partition coefficient (Wildman–Crippen LogP) is 1.84. The fourth-order valence-electron chi connectivity index (χ4n) is 2.34. The maximum atomic E-state index is 12.0. The number of amides is 1. The first kappa shape index (κ1) is 14.4. The first-order chi connectivity index (χ1) is 8.07. The molecule has 0 aromatic heterocycles. The highest BCUT2D eigenvalue weighted by Gasteiger charge is 2.34. The lowest BCUT2D eigenvalue weighted by atomic mass is 9.90. The summed E-state index contributed by atoms with van der Waals surface area (Å²) in [6.07, 6.45) is 4.92. The molecule has 4 nitrogen and oxygen atoms in total. The zero-order chi connectivity index (χ0) is 12.8. The molecule has 17 heavy (non-hydrogen) atoms. The lowest BCUT2D eigenvalue weighted by molar-refractivity contribution is -0.149. The van der Waals surface area contributed by atoms with Crippen LogP contribution in [0.25, 0.3) is 0 Å². The Labute approximate surface area is 107 Å². The Hall–Kier alpha value is -0.710. The molecule has 1 heterocycles. The fraction of sp³-hybridized carbons (Fsp3) is 0.833. The van der Waals surface area contributed by atoms with Crippen molar-refractivity contribution in [2.45, 2.75) is 38.6 Å². The second kappa shape index (κ2) is 6.89. The number of hydrogen-bond donors (Lipinski definition) is 1. The molecule has 0 radical (unpaired) electrons. The van der Waals surface area contributed by atoms with E-state index in [0.29, 0.717) is 19.4 Å². The summed E-state index contributed by atoms with van der Waals surface area (Å²) in [5.74, 6) is -0.0825. The van der Waals surface area contributed by atoms with Gasteiger partial charge < -0.3 is 10.0 Å². The topological polar surface area (TPSA) is 57.6 Å². The van der Waals surface area contributed by atoms with Gasteiger partial charge in [-0.15, -0.1) is 0 Å². The molecule has 0 aromatic rings. The first-order valence-corrected chi connectivity index (χ1v) is 7.48. The number of carboxylic acid groups (broad SMARTS) is 1. The highest BCUT2D eigenvalue weighted by atomic mass is 32.2. The van der Waals surface area contributed by atoms with Gasteiger partial charge in [-0.1, -0.05) is 0 Å². The molecule has 0 aromatic carbocycles. The van der Waals surface area contributed by atoms with E-state index in [1.165, 1.54) is 0 Å². The molecule has 1 saturated heterocycles. The Morgan fingerprint density at radius 1 is 1.47 bits per heavy atom. The third-order valence-corrected chi connectivity index (χ3v) is 4.06. The molecule has 0 aliphatic carbocycles. The van der Waals surface area contributed by atoms with Crippen molar-refractivity contribution in [1.29, 1.82) is 0 Å². The van der Waals surface area contributed by atoms with E-state index >= 15 is 0 Å². The molecule has 0 bridgehead atoms. The van der Waals surface area contributed by atoms with Crippen LogP contribution in [0.4, 0.5) is 0 Å². The zero-order valence-electron chi connectivity index (χ0n) is 10.5. The maximum Gasteiger partial charge on any atom is 0.308 e. The molecule has 0 saturated carbocycles. The van der Waals surface area contributed by atoms with Gasteiger partial charge in [0.05, 0.1) is 5.92 Å². The average molecular weight is 259 g/mol. The molecule has 98 valence electrons. The fourth-order valence-corrected chi connectivity index (χ4v) is 2.77. The van der Waals surface area contributed by atoms with Gasteiger partial charge in [0.1, 0.15) is 0 Å². The molecule has 1 aliphatic rings. The second-order valence-corrected chi connectivity index (χ2v) is 5.50. The Morgan fingerprint density at radius 2 is 2.18 bits per heavy atom. The molecular weight excluding hydrogens is 238 g/mol. The Balaban J connectivity index is 2.51. The minimum atomic E-state index is -0.779.